The second-order valence-electron chi connectivity index (χ2n) is 5.19. The molecule has 4 heteroatoms. The maximum atomic E-state index is 6.39. The largest absolute Gasteiger partial charge is 0.460 e. The molecule has 0 bridgehead atoms. The molecule has 20 heavy (non-hydrogen) atoms. The van der Waals surface area contributed by atoms with Crippen molar-refractivity contribution < 1.29 is 4.42 Å². The summed E-state index contributed by atoms with van der Waals surface area (Å²) in [4.78, 5) is 2.34. The molecule has 2 heterocycles. The number of thioether (sulfide) groups is 1. The molecule has 0 fully saturated rings. The molecule has 2 nitrogen and oxygen atoms in total. The van der Waals surface area contributed by atoms with Gasteiger partial charge < -0.3 is 9.32 Å². The quantitative estimate of drug-likeness (QED) is 0.611. The van der Waals surface area contributed by atoms with Gasteiger partial charge in [0.2, 0.25) is 0 Å². The van der Waals surface area contributed by atoms with Crippen molar-refractivity contribution in [3.63, 3.8) is 0 Å². The first-order valence-electron chi connectivity index (χ1n) is 6.79. The first-order valence-corrected chi connectivity index (χ1v) is 8.32. The number of hydrogen-bond acceptors (Lipinski definition) is 3. The van der Waals surface area contributed by atoms with Crippen LogP contribution in [-0.2, 0) is 18.7 Å². The van der Waals surface area contributed by atoms with E-state index in [1.165, 1.54) is 16.5 Å². The van der Waals surface area contributed by atoms with Gasteiger partial charge in [-0.15, -0.1) is 18.3 Å². The lowest BCUT2D eigenvalue weighted by atomic mass is 10.0. The minimum Gasteiger partial charge on any atom is -0.460 e. The van der Waals surface area contributed by atoms with Gasteiger partial charge in [0.15, 0.2) is 0 Å². The Labute approximate surface area is 128 Å². The zero-order valence-electron chi connectivity index (χ0n) is 11.6. The van der Waals surface area contributed by atoms with Gasteiger partial charge in [0.1, 0.15) is 11.3 Å². The minimum absolute atomic E-state index is 0.861. The number of likely N-dealkylation sites (N-methyl/N-ethyl adjacent to an activating group) is 1. The third kappa shape index (κ3) is 2.50. The van der Waals surface area contributed by atoms with E-state index < -0.39 is 0 Å². The lowest BCUT2D eigenvalue weighted by Crippen LogP contribution is -2.19. The van der Waals surface area contributed by atoms with Crippen LogP contribution in [0.25, 0.3) is 11.0 Å². The van der Waals surface area contributed by atoms with Gasteiger partial charge in [-0.1, -0.05) is 17.7 Å². The Hall–Kier alpha value is -0.900. The fourth-order valence-electron chi connectivity index (χ4n) is 2.77. The van der Waals surface area contributed by atoms with Gasteiger partial charge in [-0.05, 0) is 31.2 Å². The van der Waals surface area contributed by atoms with Crippen molar-refractivity contribution in [3.05, 3.63) is 46.7 Å². The standard InChI is InChI=1S/C16H18ClNOS/c1-3-8-20-10-15-12-9-18(2)7-6-11-13(17)4-5-14(19-15)16(11)12/h3-5H,1,6-10H2,2H3. The van der Waals surface area contributed by atoms with Crippen LogP contribution in [0.1, 0.15) is 16.9 Å². The Morgan fingerprint density at radius 1 is 1.45 bits per heavy atom. The predicted octanol–water partition coefficient (Wildman–Crippen LogP) is 4.49. The van der Waals surface area contributed by atoms with Crippen LogP contribution in [0.3, 0.4) is 0 Å². The molecular weight excluding hydrogens is 290 g/mol. The van der Waals surface area contributed by atoms with E-state index in [4.69, 9.17) is 16.0 Å². The summed E-state index contributed by atoms with van der Waals surface area (Å²) in [5, 5.41) is 2.11. The first kappa shape index (κ1) is 14.1. The summed E-state index contributed by atoms with van der Waals surface area (Å²) in [5.74, 6) is 2.92. The van der Waals surface area contributed by atoms with E-state index in [0.717, 1.165) is 47.4 Å². The van der Waals surface area contributed by atoms with Gasteiger partial charge in [0.05, 0.1) is 5.75 Å². The van der Waals surface area contributed by atoms with Gasteiger partial charge in [-0.2, -0.15) is 0 Å². The topological polar surface area (TPSA) is 16.4 Å². The van der Waals surface area contributed by atoms with Crippen molar-refractivity contribution in [1.29, 1.82) is 0 Å². The van der Waals surface area contributed by atoms with Gasteiger partial charge in [-0.3, -0.25) is 0 Å². The minimum atomic E-state index is 0.861. The molecular formula is C16H18ClNOS. The number of hydrogen-bond donors (Lipinski definition) is 0. The van der Waals surface area contributed by atoms with Crippen LogP contribution in [0.4, 0.5) is 0 Å². The summed E-state index contributed by atoms with van der Waals surface area (Å²) in [5.41, 5.74) is 3.53. The summed E-state index contributed by atoms with van der Waals surface area (Å²) in [7, 11) is 2.15. The molecule has 1 aliphatic heterocycles. The summed E-state index contributed by atoms with van der Waals surface area (Å²) in [6.07, 6.45) is 2.91. The summed E-state index contributed by atoms with van der Waals surface area (Å²) < 4.78 is 6.08. The number of nitrogens with zero attached hydrogens (tertiary/aromatic N) is 1. The molecule has 1 aromatic carbocycles. The SMILES string of the molecule is C=CCSCc1oc2ccc(Cl)c3c2c1CN(C)CC3. The highest BCUT2D eigenvalue weighted by molar-refractivity contribution is 7.98. The third-order valence-corrected chi connectivity index (χ3v) is 5.02. The van der Waals surface area contributed by atoms with Gasteiger partial charge in [0, 0.05) is 34.8 Å². The lowest BCUT2D eigenvalue weighted by molar-refractivity contribution is 0.333. The average Bonchev–Trinajstić information content (AvgIpc) is 2.65. The van der Waals surface area contributed by atoms with Crippen LogP contribution in [0.5, 0.6) is 0 Å². The highest BCUT2D eigenvalue weighted by atomic mass is 35.5. The summed E-state index contributed by atoms with van der Waals surface area (Å²) in [6, 6.07) is 3.95. The van der Waals surface area contributed by atoms with E-state index >= 15 is 0 Å². The van der Waals surface area contributed by atoms with Crippen LogP contribution in [0.2, 0.25) is 5.02 Å². The maximum Gasteiger partial charge on any atom is 0.135 e. The Kier molecular flexibility index (Phi) is 4.11. The van der Waals surface area contributed by atoms with Crippen LogP contribution in [0.15, 0.2) is 29.2 Å². The second-order valence-corrected chi connectivity index (χ2v) is 6.63. The van der Waals surface area contributed by atoms with Crippen LogP contribution < -0.4 is 0 Å². The van der Waals surface area contributed by atoms with E-state index in [9.17, 15) is 0 Å². The molecule has 0 unspecified atom stereocenters. The molecule has 0 aliphatic carbocycles. The molecule has 0 saturated carbocycles. The molecule has 0 atom stereocenters. The maximum absolute atomic E-state index is 6.39. The van der Waals surface area contributed by atoms with Gasteiger partial charge in [0.25, 0.3) is 0 Å². The van der Waals surface area contributed by atoms with Crippen molar-refractivity contribution in [2.45, 2.75) is 18.7 Å². The molecule has 3 rings (SSSR count). The predicted molar refractivity (Wildman–Crippen MR) is 87.6 cm³/mol. The van der Waals surface area contributed by atoms with E-state index in [2.05, 4.69) is 18.5 Å². The smallest absolute Gasteiger partial charge is 0.135 e. The Morgan fingerprint density at radius 2 is 2.30 bits per heavy atom. The van der Waals surface area contributed by atoms with Crippen LogP contribution >= 0.6 is 23.4 Å². The summed E-state index contributed by atoms with van der Waals surface area (Å²) >= 11 is 8.22. The Bertz CT molecular complexity index is 649. The van der Waals surface area contributed by atoms with E-state index in [1.807, 2.05) is 30.0 Å². The summed E-state index contributed by atoms with van der Waals surface area (Å²) in [6.45, 7) is 5.73. The van der Waals surface area contributed by atoms with Crippen molar-refractivity contribution in [1.82, 2.24) is 4.90 Å². The molecule has 0 N–H and O–H groups in total. The zero-order valence-corrected chi connectivity index (χ0v) is 13.2. The first-order chi connectivity index (χ1) is 9.70. The number of furan rings is 1. The normalized spacial score (nSPS) is 15.5. The molecule has 0 spiro atoms. The van der Waals surface area contributed by atoms with Crippen LogP contribution in [0, 0.1) is 0 Å². The molecule has 2 aromatic rings. The Morgan fingerprint density at radius 3 is 3.10 bits per heavy atom. The van der Waals surface area contributed by atoms with E-state index in [-0.39, 0.29) is 0 Å². The van der Waals surface area contributed by atoms with Gasteiger partial charge >= 0.3 is 0 Å². The molecule has 0 amide bonds. The number of rotatable bonds is 4. The third-order valence-electron chi connectivity index (χ3n) is 3.73. The van der Waals surface area contributed by atoms with Crippen molar-refractivity contribution >= 4 is 34.3 Å². The van der Waals surface area contributed by atoms with Crippen molar-refractivity contribution in [3.8, 4) is 0 Å². The fraction of sp³-hybridized carbons (Fsp3) is 0.375. The highest BCUT2D eigenvalue weighted by Crippen LogP contribution is 2.37. The number of halogens is 1. The molecule has 1 aromatic heterocycles. The molecule has 0 radical (unpaired) electrons. The van der Waals surface area contributed by atoms with E-state index in [0.29, 0.717) is 0 Å². The van der Waals surface area contributed by atoms with Crippen molar-refractivity contribution in [2.24, 2.45) is 0 Å². The zero-order chi connectivity index (χ0) is 14.1. The second kappa shape index (κ2) is 5.84. The van der Waals surface area contributed by atoms with Gasteiger partial charge in [-0.25, -0.2) is 0 Å². The fourth-order valence-corrected chi connectivity index (χ4v) is 3.72. The van der Waals surface area contributed by atoms with E-state index in [1.54, 1.807) is 0 Å². The lowest BCUT2D eigenvalue weighted by Gasteiger charge is -2.13. The van der Waals surface area contributed by atoms with Crippen molar-refractivity contribution in [2.75, 3.05) is 19.3 Å². The van der Waals surface area contributed by atoms with Crippen LogP contribution in [-0.4, -0.2) is 24.2 Å². The highest BCUT2D eigenvalue weighted by Gasteiger charge is 2.22. The molecule has 0 saturated heterocycles. The molecule has 106 valence electrons. The number of benzene rings is 1. The monoisotopic (exact) mass is 307 g/mol. The average molecular weight is 308 g/mol. The molecule has 1 aliphatic rings. The Balaban J connectivity index is 2.10.